The van der Waals surface area contributed by atoms with Gasteiger partial charge in [0.1, 0.15) is 23.5 Å². The zero-order valence-corrected chi connectivity index (χ0v) is 15.0. The van der Waals surface area contributed by atoms with Crippen molar-refractivity contribution in [2.24, 2.45) is 0 Å². The van der Waals surface area contributed by atoms with Crippen molar-refractivity contribution in [1.29, 1.82) is 0 Å². The smallest absolute Gasteiger partial charge is 0.336 e. The molecule has 0 fully saturated rings. The summed E-state index contributed by atoms with van der Waals surface area (Å²) in [7, 11) is 0. The number of hydrogen-bond acceptors (Lipinski definition) is 5. The molecule has 0 amide bonds. The van der Waals surface area contributed by atoms with Crippen molar-refractivity contribution in [2.75, 3.05) is 6.61 Å². The third-order valence-electron chi connectivity index (χ3n) is 4.35. The Labute approximate surface area is 151 Å². The normalized spacial score (nSPS) is 13.3. The highest BCUT2D eigenvalue weighted by Crippen LogP contribution is 2.35. The Morgan fingerprint density at radius 2 is 2.04 bits per heavy atom. The molecule has 1 aromatic carbocycles. The molecule has 1 atom stereocenters. The topological polar surface area (TPSA) is 72.8 Å². The molecular weight excluding hydrogens is 332 g/mol. The second kappa shape index (κ2) is 7.62. The average molecular weight is 354 g/mol. The van der Waals surface area contributed by atoms with Crippen LogP contribution >= 0.6 is 0 Å². The van der Waals surface area contributed by atoms with Gasteiger partial charge in [-0.15, -0.1) is 0 Å². The summed E-state index contributed by atoms with van der Waals surface area (Å²) >= 11 is 0. The minimum absolute atomic E-state index is 0.369. The van der Waals surface area contributed by atoms with Crippen molar-refractivity contribution in [3.8, 4) is 5.75 Å². The first-order valence-corrected chi connectivity index (χ1v) is 8.51. The third-order valence-corrected chi connectivity index (χ3v) is 4.35. The van der Waals surface area contributed by atoms with E-state index in [-0.39, 0.29) is 0 Å². The van der Waals surface area contributed by atoms with Crippen molar-refractivity contribution < 1.29 is 18.7 Å². The van der Waals surface area contributed by atoms with E-state index in [0.717, 1.165) is 28.3 Å². The van der Waals surface area contributed by atoms with E-state index in [1.807, 2.05) is 26.0 Å². The van der Waals surface area contributed by atoms with Crippen molar-refractivity contribution in [1.82, 2.24) is 0 Å². The molecule has 2 heterocycles. The highest BCUT2D eigenvalue weighted by Gasteiger charge is 2.13. The van der Waals surface area contributed by atoms with Gasteiger partial charge in [0.15, 0.2) is 0 Å². The van der Waals surface area contributed by atoms with Gasteiger partial charge in [0.2, 0.25) is 0 Å². The number of ether oxygens (including phenoxy) is 1. The lowest BCUT2D eigenvalue weighted by Crippen LogP contribution is -2.07. The Kier molecular flexibility index (Phi) is 5.28. The van der Waals surface area contributed by atoms with E-state index in [1.165, 1.54) is 6.07 Å². The molecule has 136 valence electrons. The summed E-state index contributed by atoms with van der Waals surface area (Å²) in [5, 5.41) is 11.4. The molecule has 5 heteroatoms. The summed E-state index contributed by atoms with van der Waals surface area (Å²) in [4.78, 5) is 11.5. The summed E-state index contributed by atoms with van der Waals surface area (Å²) in [5.74, 6) is 0.626. The lowest BCUT2D eigenvalue weighted by atomic mass is 10.0. The molecule has 2 aromatic heterocycles. The van der Waals surface area contributed by atoms with Gasteiger partial charge in [0.05, 0.1) is 23.1 Å². The molecule has 0 aliphatic carbocycles. The third kappa shape index (κ3) is 3.89. The van der Waals surface area contributed by atoms with Gasteiger partial charge in [-0.3, -0.25) is 0 Å². The first-order valence-electron chi connectivity index (χ1n) is 8.51. The number of allylic oxidation sites excluding steroid dienone is 1. The molecule has 26 heavy (non-hydrogen) atoms. The molecular formula is C21H22O5. The first-order chi connectivity index (χ1) is 12.5. The highest BCUT2D eigenvalue weighted by molar-refractivity contribution is 6.01. The minimum atomic E-state index is -0.481. The summed E-state index contributed by atoms with van der Waals surface area (Å²) in [5.41, 5.74) is 2.52. The van der Waals surface area contributed by atoms with Crippen LogP contribution in [0.3, 0.4) is 0 Å². The van der Waals surface area contributed by atoms with Crippen molar-refractivity contribution in [2.45, 2.75) is 32.8 Å². The maximum Gasteiger partial charge on any atom is 0.336 e. The number of aliphatic hydroxyl groups is 1. The van der Waals surface area contributed by atoms with Crippen LogP contribution in [0.25, 0.3) is 21.9 Å². The molecule has 5 nitrogen and oxygen atoms in total. The van der Waals surface area contributed by atoms with E-state index in [1.54, 1.807) is 18.4 Å². The minimum Gasteiger partial charge on any atom is -0.488 e. The fourth-order valence-electron chi connectivity index (χ4n) is 2.75. The Bertz CT molecular complexity index is 1020. The number of benzene rings is 1. The maximum absolute atomic E-state index is 11.5. The molecule has 3 aromatic rings. The summed E-state index contributed by atoms with van der Waals surface area (Å²) in [6.45, 7) is 7.95. The summed E-state index contributed by atoms with van der Waals surface area (Å²) in [6.07, 6.45) is 4.49. The molecule has 0 spiro atoms. The van der Waals surface area contributed by atoms with Gasteiger partial charge in [-0.2, -0.15) is 0 Å². The quantitative estimate of drug-likeness (QED) is 0.496. The van der Waals surface area contributed by atoms with Crippen LogP contribution in [0.2, 0.25) is 0 Å². The lowest BCUT2D eigenvalue weighted by Gasteiger charge is -2.11. The molecule has 1 N–H and O–H groups in total. The SMILES string of the molecule is C=C(C)C(O)CC/C(C)=C/COc1c2ccoc2cc2oc(=O)ccc12. The Morgan fingerprint density at radius 3 is 2.81 bits per heavy atom. The number of rotatable bonds is 7. The average Bonchev–Trinajstić information content (AvgIpc) is 3.06. The number of aliphatic hydroxyl groups excluding tert-OH is 1. The molecule has 0 saturated heterocycles. The van der Waals surface area contributed by atoms with Gasteiger partial charge >= 0.3 is 5.63 Å². The Hall–Kier alpha value is -2.79. The van der Waals surface area contributed by atoms with E-state index >= 15 is 0 Å². The van der Waals surface area contributed by atoms with Crippen molar-refractivity contribution in [3.63, 3.8) is 0 Å². The zero-order chi connectivity index (χ0) is 18.7. The fourth-order valence-corrected chi connectivity index (χ4v) is 2.75. The molecule has 3 rings (SSSR count). The summed E-state index contributed by atoms with van der Waals surface area (Å²) in [6, 6.07) is 6.60. The monoisotopic (exact) mass is 354 g/mol. The van der Waals surface area contributed by atoms with Gasteiger partial charge in [-0.25, -0.2) is 4.79 Å². The van der Waals surface area contributed by atoms with Gasteiger partial charge in [-0.1, -0.05) is 17.7 Å². The van der Waals surface area contributed by atoms with Crippen LogP contribution < -0.4 is 10.4 Å². The van der Waals surface area contributed by atoms with Crippen molar-refractivity contribution >= 4 is 21.9 Å². The van der Waals surface area contributed by atoms with Gasteiger partial charge in [0, 0.05) is 12.1 Å². The lowest BCUT2D eigenvalue weighted by molar-refractivity contribution is 0.201. The second-order valence-corrected chi connectivity index (χ2v) is 6.47. The van der Waals surface area contributed by atoms with Crippen LogP contribution in [0.1, 0.15) is 26.7 Å². The van der Waals surface area contributed by atoms with Crippen LogP contribution in [-0.4, -0.2) is 17.8 Å². The Morgan fingerprint density at radius 1 is 1.27 bits per heavy atom. The second-order valence-electron chi connectivity index (χ2n) is 6.47. The van der Waals surface area contributed by atoms with Crippen LogP contribution in [0.15, 0.2) is 68.0 Å². The van der Waals surface area contributed by atoms with Gasteiger partial charge < -0.3 is 18.7 Å². The predicted molar refractivity (Wildman–Crippen MR) is 102 cm³/mol. The molecule has 0 saturated carbocycles. The van der Waals surface area contributed by atoms with Crippen LogP contribution in [0.4, 0.5) is 0 Å². The summed E-state index contributed by atoms with van der Waals surface area (Å²) < 4.78 is 16.7. The van der Waals surface area contributed by atoms with Crippen molar-refractivity contribution in [3.05, 3.63) is 64.7 Å². The number of hydrogen-bond donors (Lipinski definition) is 1. The highest BCUT2D eigenvalue weighted by atomic mass is 16.5. The van der Waals surface area contributed by atoms with Gasteiger partial charge in [-0.05, 0) is 44.9 Å². The maximum atomic E-state index is 11.5. The first kappa shape index (κ1) is 18.0. The van der Waals surface area contributed by atoms with Gasteiger partial charge in [0.25, 0.3) is 0 Å². The number of furan rings is 1. The van der Waals surface area contributed by atoms with Crippen LogP contribution in [-0.2, 0) is 0 Å². The van der Waals surface area contributed by atoms with E-state index in [0.29, 0.717) is 29.9 Å². The van der Waals surface area contributed by atoms with E-state index < -0.39 is 11.7 Å². The largest absolute Gasteiger partial charge is 0.488 e. The van der Waals surface area contributed by atoms with E-state index in [4.69, 9.17) is 13.6 Å². The zero-order valence-electron chi connectivity index (χ0n) is 15.0. The molecule has 0 aliphatic heterocycles. The molecule has 0 aliphatic rings. The van der Waals surface area contributed by atoms with Crippen LogP contribution in [0, 0.1) is 0 Å². The van der Waals surface area contributed by atoms with E-state index in [2.05, 4.69) is 6.58 Å². The van der Waals surface area contributed by atoms with Crippen LogP contribution in [0.5, 0.6) is 5.75 Å². The standard InChI is InChI=1S/C21H22O5/c1-13(2)17(22)6-4-14(3)8-10-25-21-15-5-7-20(23)26-19(15)12-18-16(21)9-11-24-18/h5,7-9,11-12,17,22H,1,4,6,10H2,2-3H3/b14-8+. The number of fused-ring (bicyclic) bond motifs is 2. The molecule has 0 radical (unpaired) electrons. The Balaban J connectivity index is 1.79. The van der Waals surface area contributed by atoms with E-state index in [9.17, 15) is 9.90 Å². The molecule has 1 unspecified atom stereocenters. The molecule has 0 bridgehead atoms. The predicted octanol–water partition coefficient (Wildman–Crippen LogP) is 4.58. The fraction of sp³-hybridized carbons (Fsp3) is 0.286.